The summed E-state index contributed by atoms with van der Waals surface area (Å²) in [5.74, 6) is 0.801. The Kier molecular flexibility index (Phi) is 1.42. The largest absolute Gasteiger partial charge is 0.356 e. The van der Waals surface area contributed by atoms with E-state index in [-0.39, 0.29) is 11.3 Å². The molecule has 2 aliphatic heterocycles. The average Bonchev–Trinajstić information content (AvgIpc) is 2.34. The van der Waals surface area contributed by atoms with Crippen LogP contribution in [0.1, 0.15) is 13.3 Å². The molecular formula is C8H14N2O. The third-order valence-electron chi connectivity index (χ3n) is 3.08. The second kappa shape index (κ2) is 2.21. The number of fused-ring (bicyclic) bond motifs is 1. The maximum atomic E-state index is 11.4. The molecule has 2 saturated heterocycles. The molecule has 3 nitrogen and oxygen atoms in total. The van der Waals surface area contributed by atoms with Gasteiger partial charge in [-0.05, 0) is 25.8 Å². The summed E-state index contributed by atoms with van der Waals surface area (Å²) in [7, 11) is 0. The monoisotopic (exact) mass is 154 g/mol. The molecule has 1 unspecified atom stereocenters. The molecule has 3 heteroatoms. The summed E-state index contributed by atoms with van der Waals surface area (Å²) in [6.45, 7) is 4.79. The van der Waals surface area contributed by atoms with Gasteiger partial charge in [-0.15, -0.1) is 0 Å². The van der Waals surface area contributed by atoms with Gasteiger partial charge in [-0.1, -0.05) is 0 Å². The van der Waals surface area contributed by atoms with Crippen LogP contribution >= 0.6 is 0 Å². The molecule has 0 aromatic carbocycles. The van der Waals surface area contributed by atoms with Crippen molar-refractivity contribution in [3.63, 3.8) is 0 Å². The lowest BCUT2D eigenvalue weighted by Crippen LogP contribution is -2.49. The zero-order chi connectivity index (χ0) is 7.90. The van der Waals surface area contributed by atoms with Gasteiger partial charge >= 0.3 is 0 Å². The van der Waals surface area contributed by atoms with E-state index in [2.05, 4.69) is 17.6 Å². The molecule has 2 fully saturated rings. The van der Waals surface area contributed by atoms with Crippen LogP contribution in [0.25, 0.3) is 0 Å². The van der Waals surface area contributed by atoms with Gasteiger partial charge in [-0.2, -0.15) is 0 Å². The first-order valence-corrected chi connectivity index (χ1v) is 4.22. The summed E-state index contributed by atoms with van der Waals surface area (Å²) in [4.78, 5) is 11.4. The minimum Gasteiger partial charge on any atom is -0.356 e. The van der Waals surface area contributed by atoms with Crippen LogP contribution in [0.15, 0.2) is 0 Å². The third-order valence-corrected chi connectivity index (χ3v) is 3.08. The predicted octanol–water partition coefficient (Wildman–Crippen LogP) is -0.268. The topological polar surface area (TPSA) is 41.1 Å². The number of piperidine rings is 1. The first-order chi connectivity index (χ1) is 5.23. The molecule has 62 valence electrons. The highest BCUT2D eigenvalue weighted by Gasteiger charge is 2.46. The molecule has 2 atom stereocenters. The second-order valence-electron chi connectivity index (χ2n) is 3.79. The molecule has 0 aliphatic carbocycles. The Bertz CT molecular complexity index is 193. The molecule has 2 heterocycles. The van der Waals surface area contributed by atoms with Crippen LogP contribution in [0.5, 0.6) is 0 Å². The van der Waals surface area contributed by atoms with Crippen LogP contribution in [0, 0.1) is 11.3 Å². The Labute approximate surface area is 66.5 Å². The van der Waals surface area contributed by atoms with Gasteiger partial charge in [-0.25, -0.2) is 0 Å². The maximum absolute atomic E-state index is 11.4. The molecule has 2 aliphatic rings. The zero-order valence-electron chi connectivity index (χ0n) is 6.81. The van der Waals surface area contributed by atoms with E-state index in [9.17, 15) is 4.79 Å². The van der Waals surface area contributed by atoms with Gasteiger partial charge < -0.3 is 10.6 Å². The summed E-state index contributed by atoms with van der Waals surface area (Å²) in [6, 6.07) is 0. The quantitative estimate of drug-likeness (QED) is 0.504. The Balaban J connectivity index is 2.24. The standard InChI is InChI=1S/C8H14N2O/c1-8-5-9-4-6(8)2-3-10-7(8)11/h6,9H,2-5H2,1H3,(H,10,11)/t6-,8?/m1/s1. The molecule has 11 heavy (non-hydrogen) atoms. The lowest BCUT2D eigenvalue weighted by molar-refractivity contribution is -0.133. The van der Waals surface area contributed by atoms with Crippen LogP contribution < -0.4 is 10.6 Å². The summed E-state index contributed by atoms with van der Waals surface area (Å²) in [5, 5.41) is 6.19. The molecule has 0 radical (unpaired) electrons. The Morgan fingerprint density at radius 3 is 3.18 bits per heavy atom. The van der Waals surface area contributed by atoms with Crippen LogP contribution in [-0.2, 0) is 4.79 Å². The predicted molar refractivity (Wildman–Crippen MR) is 42.1 cm³/mol. The average molecular weight is 154 g/mol. The molecule has 0 bridgehead atoms. The first-order valence-electron chi connectivity index (χ1n) is 4.22. The number of carbonyl (C=O) groups excluding carboxylic acids is 1. The van der Waals surface area contributed by atoms with Gasteiger partial charge in [-0.3, -0.25) is 4.79 Å². The van der Waals surface area contributed by atoms with Crippen LogP contribution in [0.4, 0.5) is 0 Å². The van der Waals surface area contributed by atoms with Crippen molar-refractivity contribution in [2.45, 2.75) is 13.3 Å². The van der Waals surface area contributed by atoms with Crippen molar-refractivity contribution in [2.24, 2.45) is 11.3 Å². The van der Waals surface area contributed by atoms with E-state index < -0.39 is 0 Å². The summed E-state index contributed by atoms with van der Waals surface area (Å²) < 4.78 is 0. The van der Waals surface area contributed by atoms with Crippen molar-refractivity contribution in [1.29, 1.82) is 0 Å². The van der Waals surface area contributed by atoms with Gasteiger partial charge in [0.25, 0.3) is 0 Å². The minimum absolute atomic E-state index is 0.113. The first kappa shape index (κ1) is 7.10. The SMILES string of the molecule is CC12CNC[C@H]1CCNC2=O. The van der Waals surface area contributed by atoms with Crippen molar-refractivity contribution >= 4 is 5.91 Å². The molecule has 2 rings (SSSR count). The summed E-state index contributed by atoms with van der Waals surface area (Å²) >= 11 is 0. The molecule has 0 aromatic rings. The minimum atomic E-state index is -0.113. The van der Waals surface area contributed by atoms with Crippen LogP contribution in [0.3, 0.4) is 0 Å². The van der Waals surface area contributed by atoms with E-state index in [0.717, 1.165) is 26.1 Å². The van der Waals surface area contributed by atoms with Crippen molar-refractivity contribution in [3.8, 4) is 0 Å². The molecule has 2 N–H and O–H groups in total. The molecule has 1 amide bonds. The fourth-order valence-corrected chi connectivity index (χ4v) is 2.12. The van der Waals surface area contributed by atoms with E-state index >= 15 is 0 Å². The fraction of sp³-hybridized carbons (Fsp3) is 0.875. The Hall–Kier alpha value is -0.570. The van der Waals surface area contributed by atoms with Gasteiger partial charge in [0, 0.05) is 13.1 Å². The van der Waals surface area contributed by atoms with E-state index in [0.29, 0.717) is 5.92 Å². The highest BCUT2D eigenvalue weighted by molar-refractivity contribution is 5.84. The molecule has 0 spiro atoms. The lowest BCUT2D eigenvalue weighted by atomic mass is 9.75. The fourth-order valence-electron chi connectivity index (χ4n) is 2.12. The van der Waals surface area contributed by atoms with Crippen LogP contribution in [0.2, 0.25) is 0 Å². The lowest BCUT2D eigenvalue weighted by Gasteiger charge is -2.33. The third kappa shape index (κ3) is 0.872. The van der Waals surface area contributed by atoms with Crippen molar-refractivity contribution < 1.29 is 4.79 Å². The van der Waals surface area contributed by atoms with Crippen molar-refractivity contribution in [3.05, 3.63) is 0 Å². The molecular weight excluding hydrogens is 140 g/mol. The normalized spacial score (nSPS) is 43.4. The number of hydrogen-bond donors (Lipinski definition) is 2. The number of amides is 1. The van der Waals surface area contributed by atoms with E-state index in [4.69, 9.17) is 0 Å². The van der Waals surface area contributed by atoms with E-state index in [1.165, 1.54) is 0 Å². The Morgan fingerprint density at radius 2 is 2.45 bits per heavy atom. The van der Waals surface area contributed by atoms with E-state index in [1.54, 1.807) is 0 Å². The summed E-state index contributed by atoms with van der Waals surface area (Å²) in [6.07, 6.45) is 1.13. The highest BCUT2D eigenvalue weighted by Crippen LogP contribution is 2.35. The van der Waals surface area contributed by atoms with Crippen molar-refractivity contribution in [1.82, 2.24) is 10.6 Å². The number of carbonyl (C=O) groups is 1. The number of hydrogen-bond acceptors (Lipinski definition) is 2. The van der Waals surface area contributed by atoms with Gasteiger partial charge in [0.2, 0.25) is 5.91 Å². The highest BCUT2D eigenvalue weighted by atomic mass is 16.2. The summed E-state index contributed by atoms with van der Waals surface area (Å²) in [5.41, 5.74) is -0.113. The second-order valence-corrected chi connectivity index (χ2v) is 3.79. The number of rotatable bonds is 0. The van der Waals surface area contributed by atoms with Gasteiger partial charge in [0.1, 0.15) is 0 Å². The molecule has 0 aromatic heterocycles. The van der Waals surface area contributed by atoms with Crippen LogP contribution in [-0.4, -0.2) is 25.5 Å². The smallest absolute Gasteiger partial charge is 0.227 e. The Morgan fingerprint density at radius 1 is 1.64 bits per heavy atom. The van der Waals surface area contributed by atoms with Gasteiger partial charge in [0.15, 0.2) is 0 Å². The molecule has 0 saturated carbocycles. The maximum Gasteiger partial charge on any atom is 0.227 e. The van der Waals surface area contributed by atoms with E-state index in [1.807, 2.05) is 0 Å². The number of nitrogens with one attached hydrogen (secondary N) is 2. The van der Waals surface area contributed by atoms with Gasteiger partial charge in [0.05, 0.1) is 5.41 Å². The van der Waals surface area contributed by atoms with Crippen molar-refractivity contribution in [2.75, 3.05) is 19.6 Å². The zero-order valence-corrected chi connectivity index (χ0v) is 6.81.